The first-order chi connectivity index (χ1) is 21.6. The summed E-state index contributed by atoms with van der Waals surface area (Å²) in [6.45, 7) is 6.41. The zero-order valence-electron chi connectivity index (χ0n) is 25.1. The number of benzene rings is 3. The summed E-state index contributed by atoms with van der Waals surface area (Å²) in [6, 6.07) is 19.0. The Morgan fingerprint density at radius 2 is 1.89 bits per heavy atom. The molecule has 3 aromatic carbocycles. The van der Waals surface area contributed by atoms with Gasteiger partial charge in [-0.2, -0.15) is 4.99 Å². The van der Waals surface area contributed by atoms with E-state index < -0.39 is 12.4 Å². The number of aliphatic imine (C=N–C) groups is 1. The number of rotatable bonds is 8. The number of amidine groups is 1. The van der Waals surface area contributed by atoms with Crippen LogP contribution in [0.25, 0.3) is 23.2 Å². The normalized spacial score (nSPS) is 16.4. The number of halogens is 3. The number of alkyl halides is 3. The molecule has 1 aliphatic heterocycles. The van der Waals surface area contributed by atoms with Crippen LogP contribution in [-0.2, 0) is 6.42 Å². The quantitative estimate of drug-likeness (QED) is 0.211. The number of carbonyl (C=O) groups is 1. The first-order valence-electron chi connectivity index (χ1n) is 14.5. The van der Waals surface area contributed by atoms with Crippen LogP contribution in [-0.4, -0.2) is 44.1 Å². The Labute approximate surface area is 264 Å². The van der Waals surface area contributed by atoms with Gasteiger partial charge in [-0.1, -0.05) is 61.5 Å². The van der Waals surface area contributed by atoms with Gasteiger partial charge in [-0.15, -0.1) is 18.3 Å². The molecule has 12 heteroatoms. The summed E-state index contributed by atoms with van der Waals surface area (Å²) in [5.74, 6) is 1.04. The summed E-state index contributed by atoms with van der Waals surface area (Å²) < 4.78 is 42.6. The number of hydrogen-bond acceptors (Lipinski definition) is 5. The minimum absolute atomic E-state index is 0.226. The molecule has 1 unspecified atom stereocenters. The lowest BCUT2D eigenvalue weighted by Crippen LogP contribution is -2.42. The first kappa shape index (κ1) is 31.8. The van der Waals surface area contributed by atoms with Crippen molar-refractivity contribution in [2.45, 2.75) is 52.4 Å². The molecule has 45 heavy (non-hydrogen) atoms. The standard InChI is InChI=1S/C33H33F3N6O2S/c1-4-5-25-9-6-22(2)20-29(25)42-23(3)17-19-45-32(42)39-31(43)37-18-16-24-7-10-26(11-8-24)30-38-21-41(40-30)27-12-14-28(15-13-27)44-33(34,35)36/h6-16,18,20-21,23H,4-5,17,19H2,1-3H3,(H,37,43)/b18-16+,39-32-. The van der Waals surface area contributed by atoms with E-state index in [4.69, 9.17) is 0 Å². The Hall–Kier alpha value is -4.58. The molecule has 1 atom stereocenters. The maximum Gasteiger partial charge on any atom is 0.573 e. The van der Waals surface area contributed by atoms with Crippen molar-refractivity contribution in [3.63, 3.8) is 0 Å². The number of hydrogen-bond donors (Lipinski definition) is 1. The first-order valence-corrected chi connectivity index (χ1v) is 15.5. The number of anilines is 1. The van der Waals surface area contributed by atoms with E-state index in [2.05, 4.69) is 69.0 Å². The van der Waals surface area contributed by atoms with Crippen molar-refractivity contribution in [3.05, 3.63) is 95.9 Å². The second kappa shape index (κ2) is 14.0. The van der Waals surface area contributed by atoms with Crippen molar-refractivity contribution >= 4 is 34.7 Å². The minimum Gasteiger partial charge on any atom is -0.406 e. The minimum atomic E-state index is -4.75. The Balaban J connectivity index is 1.22. The average molecular weight is 635 g/mol. The molecule has 1 saturated heterocycles. The van der Waals surface area contributed by atoms with Gasteiger partial charge in [0.25, 0.3) is 0 Å². The van der Waals surface area contributed by atoms with Gasteiger partial charge in [0, 0.05) is 29.2 Å². The van der Waals surface area contributed by atoms with Crippen LogP contribution in [0.1, 0.15) is 43.4 Å². The molecule has 8 nitrogen and oxygen atoms in total. The van der Waals surface area contributed by atoms with Crippen LogP contribution in [0.2, 0.25) is 0 Å². The van der Waals surface area contributed by atoms with E-state index >= 15 is 0 Å². The predicted molar refractivity (Wildman–Crippen MR) is 173 cm³/mol. The monoisotopic (exact) mass is 634 g/mol. The highest BCUT2D eigenvalue weighted by atomic mass is 32.2. The van der Waals surface area contributed by atoms with Gasteiger partial charge in [-0.3, -0.25) is 0 Å². The smallest absolute Gasteiger partial charge is 0.406 e. The summed E-state index contributed by atoms with van der Waals surface area (Å²) in [7, 11) is 0. The van der Waals surface area contributed by atoms with Crippen LogP contribution in [0.5, 0.6) is 5.75 Å². The van der Waals surface area contributed by atoms with Gasteiger partial charge in [0.2, 0.25) is 0 Å². The molecule has 1 fully saturated rings. The Bertz CT molecular complexity index is 1680. The van der Waals surface area contributed by atoms with Crippen LogP contribution in [0, 0.1) is 6.92 Å². The van der Waals surface area contributed by atoms with Crippen LogP contribution in [0.4, 0.5) is 23.7 Å². The van der Waals surface area contributed by atoms with E-state index in [-0.39, 0.29) is 11.8 Å². The third-order valence-electron chi connectivity index (χ3n) is 7.11. The second-order valence-electron chi connectivity index (χ2n) is 10.6. The molecule has 1 N–H and O–H groups in total. The fraction of sp³-hybridized carbons (Fsp3) is 0.273. The van der Waals surface area contributed by atoms with Crippen molar-refractivity contribution in [1.29, 1.82) is 0 Å². The predicted octanol–water partition coefficient (Wildman–Crippen LogP) is 8.16. The molecule has 1 aliphatic rings. The van der Waals surface area contributed by atoms with Gasteiger partial charge in [0.15, 0.2) is 11.0 Å². The van der Waals surface area contributed by atoms with Gasteiger partial charge in [0.1, 0.15) is 12.1 Å². The number of nitrogens with one attached hydrogen (secondary N) is 1. The lowest BCUT2D eigenvalue weighted by atomic mass is 10.0. The number of thioether (sulfide) groups is 1. The molecular weight excluding hydrogens is 601 g/mol. The highest BCUT2D eigenvalue weighted by molar-refractivity contribution is 8.14. The van der Waals surface area contributed by atoms with E-state index in [0.29, 0.717) is 16.7 Å². The molecule has 4 aromatic rings. The Kier molecular flexibility index (Phi) is 9.92. The second-order valence-corrected chi connectivity index (χ2v) is 11.7. The van der Waals surface area contributed by atoms with Gasteiger partial charge in [0.05, 0.1) is 5.69 Å². The van der Waals surface area contributed by atoms with Crippen LogP contribution >= 0.6 is 11.8 Å². The zero-order chi connectivity index (χ0) is 32.0. The zero-order valence-corrected chi connectivity index (χ0v) is 25.9. The van der Waals surface area contributed by atoms with Crippen LogP contribution < -0.4 is 15.0 Å². The van der Waals surface area contributed by atoms with E-state index in [1.165, 1.54) is 46.4 Å². The Morgan fingerprint density at radius 3 is 2.60 bits per heavy atom. The highest BCUT2D eigenvalue weighted by Gasteiger charge is 2.31. The molecule has 2 heterocycles. The molecular formula is C33H33F3N6O2S. The fourth-order valence-corrected chi connectivity index (χ4v) is 6.11. The molecule has 0 aliphatic carbocycles. The lowest BCUT2D eigenvalue weighted by Gasteiger charge is -2.37. The van der Waals surface area contributed by atoms with Crippen molar-refractivity contribution in [2.75, 3.05) is 10.7 Å². The SMILES string of the molecule is CCCc1ccc(C)cc1N1/C(=N/C(=O)N/C=C/c2ccc(-c3ncn(-c4ccc(OC(F)(F)F)cc4)n3)cc2)SCCC1C. The summed E-state index contributed by atoms with van der Waals surface area (Å²) in [5.41, 5.74) is 5.67. The van der Waals surface area contributed by atoms with Gasteiger partial charge >= 0.3 is 12.4 Å². The van der Waals surface area contributed by atoms with E-state index in [1.54, 1.807) is 24.0 Å². The molecule has 0 bridgehead atoms. The number of urea groups is 1. The summed E-state index contributed by atoms with van der Waals surface area (Å²) in [6.07, 6.45) is 3.06. The third-order valence-corrected chi connectivity index (χ3v) is 8.09. The largest absolute Gasteiger partial charge is 0.573 e. The summed E-state index contributed by atoms with van der Waals surface area (Å²) >= 11 is 1.59. The van der Waals surface area contributed by atoms with Crippen LogP contribution in [0.3, 0.4) is 0 Å². The number of carbonyl (C=O) groups excluding carboxylic acids is 1. The highest BCUT2D eigenvalue weighted by Crippen LogP contribution is 2.33. The topological polar surface area (TPSA) is 84.6 Å². The van der Waals surface area contributed by atoms with Crippen molar-refractivity contribution < 1.29 is 22.7 Å². The van der Waals surface area contributed by atoms with E-state index in [0.717, 1.165) is 41.8 Å². The van der Waals surface area contributed by atoms with E-state index in [9.17, 15) is 18.0 Å². The average Bonchev–Trinajstić information content (AvgIpc) is 3.49. The third kappa shape index (κ3) is 8.33. The number of aryl methyl sites for hydroxylation is 2. The Morgan fingerprint density at radius 1 is 1.13 bits per heavy atom. The molecule has 1 aromatic heterocycles. The van der Waals surface area contributed by atoms with Crippen molar-refractivity contribution in [1.82, 2.24) is 20.1 Å². The number of aromatic nitrogens is 3. The van der Waals surface area contributed by atoms with Crippen molar-refractivity contribution in [2.24, 2.45) is 4.99 Å². The molecule has 2 amide bonds. The fourth-order valence-electron chi connectivity index (χ4n) is 4.91. The molecule has 0 spiro atoms. The van der Waals surface area contributed by atoms with Crippen molar-refractivity contribution in [3.8, 4) is 22.8 Å². The molecule has 5 rings (SSSR count). The van der Waals surface area contributed by atoms with Crippen LogP contribution in [0.15, 0.2) is 84.2 Å². The number of nitrogens with zero attached hydrogens (tertiary/aromatic N) is 5. The van der Waals surface area contributed by atoms with Gasteiger partial charge in [-0.05, 0) is 79.8 Å². The maximum absolute atomic E-state index is 12.8. The summed E-state index contributed by atoms with van der Waals surface area (Å²) in [5, 5.41) is 7.88. The van der Waals surface area contributed by atoms with Gasteiger partial charge < -0.3 is 15.0 Å². The van der Waals surface area contributed by atoms with E-state index in [1.807, 2.05) is 24.3 Å². The summed E-state index contributed by atoms with van der Waals surface area (Å²) in [4.78, 5) is 23.8. The molecule has 0 saturated carbocycles. The molecule has 234 valence electrons. The maximum atomic E-state index is 12.8. The van der Waals surface area contributed by atoms with Gasteiger partial charge in [-0.25, -0.2) is 14.5 Å². The number of amides is 2. The number of ether oxygens (including phenoxy) is 1. The molecule has 0 radical (unpaired) electrons. The lowest BCUT2D eigenvalue weighted by molar-refractivity contribution is -0.274.